The molecule has 0 aliphatic heterocycles. The molecule has 1 heterocycles. The number of carbonyl (C=O) groups is 1. The van der Waals surface area contributed by atoms with Crippen molar-refractivity contribution in [3.05, 3.63) is 52.3 Å². The van der Waals surface area contributed by atoms with Gasteiger partial charge in [0.15, 0.2) is 5.69 Å². The Morgan fingerprint density at radius 1 is 1.24 bits per heavy atom. The average Bonchev–Trinajstić information content (AvgIpc) is 2.93. The highest BCUT2D eigenvalue weighted by Gasteiger charge is 2.39. The number of benzene rings is 1. The molecule has 0 N–H and O–H groups in total. The number of carbonyl (C=O) groups excluding carboxylic acids is 1. The zero-order valence-corrected chi connectivity index (χ0v) is 14.2. The fraction of sp³-hybridized carbons (Fsp3) is 0.444. The van der Waals surface area contributed by atoms with Gasteiger partial charge in [0.25, 0.3) is 5.91 Å². The van der Waals surface area contributed by atoms with Gasteiger partial charge in [-0.3, -0.25) is 9.48 Å². The lowest BCUT2D eigenvalue weighted by Crippen LogP contribution is -2.21. The van der Waals surface area contributed by atoms with Crippen LogP contribution in [0.5, 0.6) is 0 Å². The van der Waals surface area contributed by atoms with E-state index >= 15 is 0 Å². The lowest BCUT2D eigenvalue weighted by molar-refractivity contribution is -0.142. The van der Waals surface area contributed by atoms with Crippen LogP contribution in [0.3, 0.4) is 0 Å². The second-order valence-electron chi connectivity index (χ2n) is 6.54. The first-order valence-corrected chi connectivity index (χ1v) is 8.23. The van der Waals surface area contributed by atoms with E-state index in [1.807, 2.05) is 0 Å². The Balaban J connectivity index is 1.95. The van der Waals surface area contributed by atoms with Gasteiger partial charge in [-0.15, -0.1) is 0 Å². The second-order valence-corrected chi connectivity index (χ2v) is 6.54. The minimum absolute atomic E-state index is 0.139. The van der Waals surface area contributed by atoms with Crippen LogP contribution >= 0.6 is 0 Å². The lowest BCUT2D eigenvalue weighted by atomic mass is 9.95. The number of halogens is 3. The van der Waals surface area contributed by atoms with Crippen LogP contribution in [0, 0.1) is 0 Å². The molecule has 0 saturated heterocycles. The SMILES string of the molecule is CN(C)C(=O)c1cccc(Cn2nc(C(F)(F)F)c3c2CCCC3)c1. The molecule has 1 aromatic carbocycles. The second kappa shape index (κ2) is 6.54. The Labute approximate surface area is 144 Å². The quantitative estimate of drug-likeness (QED) is 0.848. The molecule has 1 aliphatic carbocycles. The molecule has 134 valence electrons. The molecule has 4 nitrogen and oxygen atoms in total. The molecular weight excluding hydrogens is 331 g/mol. The van der Waals surface area contributed by atoms with E-state index in [-0.39, 0.29) is 12.5 Å². The molecule has 1 aliphatic rings. The lowest BCUT2D eigenvalue weighted by Gasteiger charge is -2.15. The fourth-order valence-electron chi connectivity index (χ4n) is 3.26. The molecule has 25 heavy (non-hydrogen) atoms. The number of alkyl halides is 3. The summed E-state index contributed by atoms with van der Waals surface area (Å²) in [7, 11) is 3.32. The van der Waals surface area contributed by atoms with Crippen LogP contribution < -0.4 is 0 Å². The Morgan fingerprint density at radius 3 is 2.64 bits per heavy atom. The van der Waals surface area contributed by atoms with Gasteiger partial charge >= 0.3 is 6.18 Å². The van der Waals surface area contributed by atoms with Crippen LogP contribution in [0.25, 0.3) is 0 Å². The van der Waals surface area contributed by atoms with E-state index < -0.39 is 11.9 Å². The first-order valence-electron chi connectivity index (χ1n) is 8.23. The topological polar surface area (TPSA) is 38.1 Å². The standard InChI is InChI=1S/C18H20F3N3O/c1-23(2)17(25)13-7-5-6-12(10-13)11-24-15-9-4-3-8-14(15)16(22-24)18(19,20)21/h5-7,10H,3-4,8-9,11H2,1-2H3. The molecule has 1 aromatic heterocycles. The zero-order chi connectivity index (χ0) is 18.2. The van der Waals surface area contributed by atoms with Gasteiger partial charge in [0.2, 0.25) is 0 Å². The van der Waals surface area contributed by atoms with Crippen molar-refractivity contribution in [1.29, 1.82) is 0 Å². The molecule has 3 rings (SSSR count). The van der Waals surface area contributed by atoms with Gasteiger partial charge < -0.3 is 4.90 Å². The molecule has 7 heteroatoms. The summed E-state index contributed by atoms with van der Waals surface area (Å²) in [6.07, 6.45) is -1.78. The predicted molar refractivity (Wildman–Crippen MR) is 87.4 cm³/mol. The number of hydrogen-bond acceptors (Lipinski definition) is 2. The van der Waals surface area contributed by atoms with Crippen LogP contribution in [0.15, 0.2) is 24.3 Å². The first kappa shape index (κ1) is 17.5. The van der Waals surface area contributed by atoms with Gasteiger partial charge in [0.1, 0.15) is 0 Å². The summed E-state index contributed by atoms with van der Waals surface area (Å²) >= 11 is 0. The van der Waals surface area contributed by atoms with E-state index in [1.165, 1.54) is 9.58 Å². The monoisotopic (exact) mass is 351 g/mol. The summed E-state index contributed by atoms with van der Waals surface area (Å²) < 4.78 is 41.2. The van der Waals surface area contributed by atoms with Crippen molar-refractivity contribution in [3.63, 3.8) is 0 Å². The number of rotatable bonds is 3. The molecule has 0 radical (unpaired) electrons. The van der Waals surface area contributed by atoms with Gasteiger partial charge in [-0.05, 0) is 43.4 Å². The van der Waals surface area contributed by atoms with E-state index in [2.05, 4.69) is 5.10 Å². The smallest absolute Gasteiger partial charge is 0.345 e. The minimum Gasteiger partial charge on any atom is -0.345 e. The summed E-state index contributed by atoms with van der Waals surface area (Å²) in [6.45, 7) is 0.229. The predicted octanol–water partition coefficient (Wildman–Crippen LogP) is 3.53. The Bertz CT molecular complexity index is 793. The number of fused-ring (bicyclic) bond motifs is 1. The van der Waals surface area contributed by atoms with Crippen molar-refractivity contribution in [3.8, 4) is 0 Å². The van der Waals surface area contributed by atoms with E-state index in [0.29, 0.717) is 29.7 Å². The molecule has 2 aromatic rings. The van der Waals surface area contributed by atoms with Gasteiger partial charge in [-0.2, -0.15) is 18.3 Å². The first-order chi connectivity index (χ1) is 11.8. The van der Waals surface area contributed by atoms with Crippen molar-refractivity contribution >= 4 is 5.91 Å². The highest BCUT2D eigenvalue weighted by atomic mass is 19.4. The van der Waals surface area contributed by atoms with Gasteiger partial charge in [0, 0.05) is 30.9 Å². The van der Waals surface area contributed by atoms with Crippen molar-refractivity contribution in [2.45, 2.75) is 38.4 Å². The molecule has 1 amide bonds. The largest absolute Gasteiger partial charge is 0.435 e. The molecule has 0 fully saturated rings. The molecule has 0 saturated carbocycles. The Hall–Kier alpha value is -2.31. The normalized spacial score (nSPS) is 14.3. The van der Waals surface area contributed by atoms with Crippen LogP contribution in [0.4, 0.5) is 13.2 Å². The fourth-order valence-corrected chi connectivity index (χ4v) is 3.26. The van der Waals surface area contributed by atoms with Gasteiger partial charge in [-0.25, -0.2) is 0 Å². The zero-order valence-electron chi connectivity index (χ0n) is 14.2. The highest BCUT2D eigenvalue weighted by Crippen LogP contribution is 2.36. The third-order valence-corrected chi connectivity index (χ3v) is 4.44. The van der Waals surface area contributed by atoms with E-state index in [0.717, 1.165) is 18.4 Å². The maximum absolute atomic E-state index is 13.3. The molecule has 0 atom stereocenters. The van der Waals surface area contributed by atoms with Crippen LogP contribution in [-0.2, 0) is 25.6 Å². The van der Waals surface area contributed by atoms with Crippen molar-refractivity contribution in [1.82, 2.24) is 14.7 Å². The minimum atomic E-state index is -4.44. The number of aromatic nitrogens is 2. The summed E-state index contributed by atoms with van der Waals surface area (Å²) in [5, 5.41) is 3.86. The Kier molecular flexibility index (Phi) is 4.58. The third-order valence-electron chi connectivity index (χ3n) is 4.44. The van der Waals surface area contributed by atoms with Crippen molar-refractivity contribution in [2.75, 3.05) is 14.1 Å². The van der Waals surface area contributed by atoms with Crippen LogP contribution in [0.2, 0.25) is 0 Å². The number of amides is 1. The van der Waals surface area contributed by atoms with Crippen LogP contribution in [-0.4, -0.2) is 34.7 Å². The maximum Gasteiger partial charge on any atom is 0.435 e. The maximum atomic E-state index is 13.3. The molecule has 0 unspecified atom stereocenters. The average molecular weight is 351 g/mol. The van der Waals surface area contributed by atoms with E-state index in [9.17, 15) is 18.0 Å². The summed E-state index contributed by atoms with van der Waals surface area (Å²) in [4.78, 5) is 13.5. The molecular formula is C18H20F3N3O. The van der Waals surface area contributed by atoms with Crippen molar-refractivity contribution < 1.29 is 18.0 Å². The summed E-state index contributed by atoms with van der Waals surface area (Å²) in [5.74, 6) is -0.139. The molecule has 0 spiro atoms. The van der Waals surface area contributed by atoms with Crippen molar-refractivity contribution in [2.24, 2.45) is 0 Å². The summed E-state index contributed by atoms with van der Waals surface area (Å²) in [5.41, 5.74) is 1.52. The summed E-state index contributed by atoms with van der Waals surface area (Å²) in [6, 6.07) is 6.96. The highest BCUT2D eigenvalue weighted by molar-refractivity contribution is 5.94. The number of hydrogen-bond donors (Lipinski definition) is 0. The van der Waals surface area contributed by atoms with Gasteiger partial charge in [0.05, 0.1) is 6.54 Å². The van der Waals surface area contributed by atoms with Gasteiger partial charge in [-0.1, -0.05) is 12.1 Å². The molecule has 0 bridgehead atoms. The van der Waals surface area contributed by atoms with E-state index in [1.54, 1.807) is 38.4 Å². The Morgan fingerprint density at radius 2 is 1.96 bits per heavy atom. The third kappa shape index (κ3) is 3.55. The number of nitrogens with zero attached hydrogens (tertiary/aromatic N) is 3. The van der Waals surface area contributed by atoms with E-state index in [4.69, 9.17) is 0 Å². The van der Waals surface area contributed by atoms with Crippen LogP contribution in [0.1, 0.15) is 45.7 Å².